The largest absolute Gasteiger partial charge is 0.481 e. The minimum Gasteiger partial charge on any atom is -0.481 e. The van der Waals surface area contributed by atoms with Crippen LogP contribution in [0.3, 0.4) is 0 Å². The van der Waals surface area contributed by atoms with Gasteiger partial charge in [-0.05, 0) is 133 Å². The van der Waals surface area contributed by atoms with Crippen molar-refractivity contribution in [1.29, 1.82) is 0 Å². The minimum atomic E-state index is -2.39. The first kappa shape index (κ1) is 45.7. The SMILES string of the molecule is CC(C)C1=C2[C@H]3CC[C@@H]4[C@@]5(C)CC[C@H](OC(=O)[C@H]6C[C@@H](C(=O)O)C6(C)C)C(C)(C)[C@@H]5CC[C@@]4(C)[C@]3(C)CC[C@@]2(CC(=O)NCC(F)(CN)NC(=O)c2ccc(Cl)cc2)CC1=O. The van der Waals surface area contributed by atoms with Crippen LogP contribution in [0.25, 0.3) is 0 Å². The second kappa shape index (κ2) is 15.4. The number of benzene rings is 1. The van der Waals surface area contributed by atoms with Crippen LogP contribution in [0.4, 0.5) is 4.39 Å². The van der Waals surface area contributed by atoms with E-state index in [4.69, 9.17) is 22.1 Å². The summed E-state index contributed by atoms with van der Waals surface area (Å²) >= 11 is 5.96. The molecule has 7 rings (SSSR count). The molecule has 336 valence electrons. The Morgan fingerprint density at radius 3 is 2.18 bits per heavy atom. The second-order valence-corrected chi connectivity index (χ2v) is 22.8. The number of ether oxygens (including phenoxy) is 1. The summed E-state index contributed by atoms with van der Waals surface area (Å²) in [5, 5.41) is 15.2. The van der Waals surface area contributed by atoms with E-state index in [2.05, 4.69) is 59.1 Å². The molecule has 1 aromatic carbocycles. The fourth-order valence-corrected chi connectivity index (χ4v) is 14.9. The van der Waals surface area contributed by atoms with Crippen molar-refractivity contribution in [3.8, 4) is 0 Å². The molecular weight excluding hydrogens is 797 g/mol. The highest BCUT2D eigenvalue weighted by atomic mass is 35.5. The molecule has 10 nitrogen and oxygen atoms in total. The smallest absolute Gasteiger partial charge is 0.309 e. The zero-order chi connectivity index (χ0) is 44.9. The summed E-state index contributed by atoms with van der Waals surface area (Å²) in [4.78, 5) is 66.4. The zero-order valence-electron chi connectivity index (χ0n) is 37.8. The molecule has 1 unspecified atom stereocenters. The van der Waals surface area contributed by atoms with Gasteiger partial charge in [-0.3, -0.25) is 24.0 Å². The summed E-state index contributed by atoms with van der Waals surface area (Å²) in [7, 11) is 0. The van der Waals surface area contributed by atoms with Crippen LogP contribution in [0.15, 0.2) is 35.4 Å². The van der Waals surface area contributed by atoms with Gasteiger partial charge < -0.3 is 26.2 Å². The number of nitrogens with two attached hydrogens (primary N) is 1. The van der Waals surface area contributed by atoms with E-state index < -0.39 is 53.4 Å². The number of hydrogen-bond acceptors (Lipinski definition) is 7. The van der Waals surface area contributed by atoms with E-state index in [0.717, 1.165) is 56.1 Å². The van der Waals surface area contributed by atoms with Crippen molar-refractivity contribution in [1.82, 2.24) is 10.6 Å². The molecule has 61 heavy (non-hydrogen) atoms. The van der Waals surface area contributed by atoms with E-state index in [0.29, 0.717) is 29.7 Å². The maximum absolute atomic E-state index is 16.0. The monoisotopic (exact) mass is 865 g/mol. The summed E-state index contributed by atoms with van der Waals surface area (Å²) in [5.41, 5.74) is 6.30. The number of ketones is 1. The third-order valence-electron chi connectivity index (χ3n) is 18.5. The number of Topliss-reactive ketones (excluding diaryl/α,β-unsaturated/α-hetero) is 1. The number of fused-ring (bicyclic) bond motifs is 7. The van der Waals surface area contributed by atoms with Gasteiger partial charge in [0.25, 0.3) is 5.91 Å². The van der Waals surface area contributed by atoms with Gasteiger partial charge in [-0.2, -0.15) is 0 Å². The third kappa shape index (κ3) is 7.18. The number of esters is 1. The minimum absolute atomic E-state index is 0.00244. The van der Waals surface area contributed by atoms with Crippen LogP contribution < -0.4 is 16.4 Å². The predicted molar refractivity (Wildman–Crippen MR) is 232 cm³/mol. The molecule has 12 heteroatoms. The van der Waals surface area contributed by atoms with Gasteiger partial charge in [0.05, 0.1) is 18.4 Å². The lowest BCUT2D eigenvalue weighted by Crippen LogP contribution is -2.66. The summed E-state index contributed by atoms with van der Waals surface area (Å²) < 4.78 is 22.4. The topological polar surface area (TPSA) is 165 Å². The molecule has 11 atom stereocenters. The molecule has 0 saturated heterocycles. The number of alkyl halides is 1. The Kier molecular flexibility index (Phi) is 11.6. The van der Waals surface area contributed by atoms with E-state index in [1.807, 2.05) is 13.8 Å². The standard InChI is InChI=1S/C49H69ClFN3O7/c1-27(2)38-33(55)23-48(24-37(56)53-26-49(51,25-52)54-40(57)28-10-12-29(50)13-11-28)21-20-46(8)30(39(38)48)14-15-35-45(7)18-17-36(44(5,6)34(45)16-19-47(35,46)9)61-42(60)32-22-31(41(58)59)43(32,3)4/h10-13,27,30-32,34-36H,14-26,52H2,1-9H3,(H,53,56)(H,54,57)(H,58,59)/t30-,31+,32-,34+,35-,36+,45+,46-,47-,48+,49?/m1/s1. The van der Waals surface area contributed by atoms with Gasteiger partial charge in [-0.1, -0.05) is 79.5 Å². The van der Waals surface area contributed by atoms with Gasteiger partial charge in [0.1, 0.15) is 6.10 Å². The second-order valence-electron chi connectivity index (χ2n) is 22.3. The van der Waals surface area contributed by atoms with Gasteiger partial charge in [-0.15, -0.1) is 0 Å². The molecule has 0 bridgehead atoms. The number of carbonyl (C=O) groups is 5. The lowest BCUT2D eigenvalue weighted by molar-refractivity contribution is -0.236. The fraction of sp³-hybridized carbons (Fsp3) is 0.735. The summed E-state index contributed by atoms with van der Waals surface area (Å²) in [6, 6.07) is 6.06. The number of carboxylic acids is 1. The number of hydrogen-bond donors (Lipinski definition) is 4. The molecule has 5 fully saturated rings. The Balaban J connectivity index is 1.09. The van der Waals surface area contributed by atoms with Crippen molar-refractivity contribution in [2.24, 2.45) is 73.7 Å². The molecular formula is C49H69ClFN3O7. The first-order chi connectivity index (χ1) is 28.3. The molecule has 0 aliphatic heterocycles. The summed E-state index contributed by atoms with van der Waals surface area (Å²) in [5.74, 6) is -4.56. The normalized spacial score (nSPS) is 38.1. The number of aliphatic carboxylic acids is 1. The predicted octanol–water partition coefficient (Wildman–Crippen LogP) is 8.84. The number of rotatable bonds is 11. The van der Waals surface area contributed by atoms with Crippen molar-refractivity contribution < 1.29 is 38.2 Å². The van der Waals surface area contributed by atoms with E-state index in [-0.39, 0.29) is 75.7 Å². The van der Waals surface area contributed by atoms with E-state index in [9.17, 15) is 29.1 Å². The van der Waals surface area contributed by atoms with Gasteiger partial charge in [0, 0.05) is 40.8 Å². The van der Waals surface area contributed by atoms with E-state index in [1.165, 1.54) is 24.3 Å². The molecule has 2 amide bonds. The molecule has 0 heterocycles. The number of nitrogens with one attached hydrogen (secondary N) is 2. The van der Waals surface area contributed by atoms with Crippen molar-refractivity contribution in [2.75, 3.05) is 13.1 Å². The van der Waals surface area contributed by atoms with E-state index in [1.54, 1.807) is 0 Å². The van der Waals surface area contributed by atoms with Crippen molar-refractivity contribution in [3.05, 3.63) is 46.0 Å². The van der Waals surface area contributed by atoms with Crippen LogP contribution in [0.2, 0.25) is 5.02 Å². The molecule has 5 saturated carbocycles. The Hall–Kier alpha value is -3.31. The third-order valence-corrected chi connectivity index (χ3v) is 18.7. The number of carbonyl (C=O) groups excluding carboxylic acids is 4. The van der Waals surface area contributed by atoms with Crippen molar-refractivity contribution in [3.63, 3.8) is 0 Å². The number of amides is 2. The zero-order valence-corrected chi connectivity index (χ0v) is 38.5. The van der Waals surface area contributed by atoms with Crippen LogP contribution in [-0.4, -0.2) is 59.6 Å². The fourth-order valence-electron chi connectivity index (χ4n) is 14.8. The van der Waals surface area contributed by atoms with Gasteiger partial charge in [0.2, 0.25) is 11.7 Å². The van der Waals surface area contributed by atoms with Gasteiger partial charge in [-0.25, -0.2) is 4.39 Å². The maximum atomic E-state index is 16.0. The summed E-state index contributed by atoms with van der Waals surface area (Å²) in [6.45, 7) is 18.8. The molecule has 5 N–H and O–H groups in total. The Labute approximate surface area is 366 Å². The number of carboxylic acid groups (broad SMARTS) is 1. The first-order valence-electron chi connectivity index (χ1n) is 22.7. The molecule has 0 spiro atoms. The number of halogens is 2. The molecule has 0 aromatic heterocycles. The molecule has 6 aliphatic carbocycles. The average Bonchev–Trinajstić information content (AvgIpc) is 3.46. The quantitative estimate of drug-likeness (QED) is 0.127. The van der Waals surface area contributed by atoms with Crippen LogP contribution in [-0.2, 0) is 23.9 Å². The summed E-state index contributed by atoms with van der Waals surface area (Å²) in [6.07, 6.45) is 7.57. The lowest BCUT2D eigenvalue weighted by Gasteiger charge is -2.72. The van der Waals surface area contributed by atoms with E-state index >= 15 is 4.39 Å². The highest BCUT2D eigenvalue weighted by Crippen LogP contribution is 2.77. The first-order valence-corrected chi connectivity index (χ1v) is 23.1. The maximum Gasteiger partial charge on any atom is 0.309 e. The van der Waals surface area contributed by atoms with Crippen molar-refractivity contribution in [2.45, 2.75) is 145 Å². The average molecular weight is 867 g/mol. The Morgan fingerprint density at radius 1 is 0.902 bits per heavy atom. The lowest BCUT2D eigenvalue weighted by atomic mass is 9.33. The van der Waals surface area contributed by atoms with Crippen LogP contribution in [0.5, 0.6) is 0 Å². The Morgan fingerprint density at radius 2 is 1.57 bits per heavy atom. The molecule has 6 aliphatic rings. The molecule has 1 aromatic rings. The van der Waals surface area contributed by atoms with Crippen LogP contribution >= 0.6 is 11.6 Å². The highest BCUT2D eigenvalue weighted by molar-refractivity contribution is 6.30. The van der Waals surface area contributed by atoms with Crippen LogP contribution in [0, 0.1) is 68.0 Å². The van der Waals surface area contributed by atoms with Crippen LogP contribution in [0.1, 0.15) is 143 Å². The number of allylic oxidation sites excluding steroid dienone is 2. The molecule has 0 radical (unpaired) electrons. The van der Waals surface area contributed by atoms with Gasteiger partial charge in [0.15, 0.2) is 5.78 Å². The highest BCUT2D eigenvalue weighted by Gasteiger charge is 2.70. The van der Waals surface area contributed by atoms with Gasteiger partial charge >= 0.3 is 11.9 Å². The van der Waals surface area contributed by atoms with Crippen molar-refractivity contribution >= 4 is 41.1 Å². The Bertz CT molecular complexity index is 2020.